The molecule has 0 aromatic heterocycles. The Kier molecular flexibility index (Phi) is 13.0. The molecule has 2 rings (SSSR count). The van der Waals surface area contributed by atoms with Crippen LogP contribution in [0.1, 0.15) is 26.2 Å². The summed E-state index contributed by atoms with van der Waals surface area (Å²) in [5.74, 6) is 1.11. The first-order chi connectivity index (χ1) is 13.1. The number of carbonyl (C=O) groups is 1. The van der Waals surface area contributed by atoms with Crippen LogP contribution in [0.2, 0.25) is 0 Å². The minimum Gasteiger partial charge on any atom is -0.379 e. The molecular formula is C19H39IN6O2. The molecule has 2 aliphatic rings. The number of halogens is 1. The Balaban J connectivity index is 0.00000392. The maximum atomic E-state index is 12.3. The predicted octanol–water partition coefficient (Wildman–Crippen LogP) is 0.434. The summed E-state index contributed by atoms with van der Waals surface area (Å²) in [5.41, 5.74) is 0. The number of guanidine groups is 1. The molecule has 164 valence electrons. The molecule has 2 aliphatic heterocycles. The summed E-state index contributed by atoms with van der Waals surface area (Å²) in [5, 5.41) is 6.73. The largest absolute Gasteiger partial charge is 0.379 e. The zero-order valence-corrected chi connectivity index (χ0v) is 20.1. The Morgan fingerprint density at radius 1 is 1.18 bits per heavy atom. The summed E-state index contributed by atoms with van der Waals surface area (Å²) in [6, 6.07) is 0.0591. The van der Waals surface area contributed by atoms with Gasteiger partial charge in [0.15, 0.2) is 5.96 Å². The van der Waals surface area contributed by atoms with Crippen LogP contribution in [-0.4, -0.2) is 112 Å². The highest BCUT2D eigenvalue weighted by atomic mass is 127. The lowest BCUT2D eigenvalue weighted by Gasteiger charge is -2.27. The van der Waals surface area contributed by atoms with Gasteiger partial charge in [-0.05, 0) is 32.7 Å². The molecule has 1 atom stereocenters. The van der Waals surface area contributed by atoms with Crippen molar-refractivity contribution in [2.45, 2.75) is 32.2 Å². The standard InChI is InChI=1S/C19H38N6O2.HI/c1-4-20-19(22-9-12-24-13-15-27-16-14-24)21-8-6-11-25-10-5-7-17(25)18(26)23(2)3;/h17H,4-16H2,1-3H3,(H2,20,21,22);1H. The molecule has 0 spiro atoms. The molecule has 2 heterocycles. The van der Waals surface area contributed by atoms with E-state index in [1.54, 1.807) is 4.90 Å². The average molecular weight is 510 g/mol. The molecule has 1 unspecified atom stereocenters. The zero-order chi connectivity index (χ0) is 19.5. The van der Waals surface area contributed by atoms with Gasteiger partial charge in [-0.3, -0.25) is 19.6 Å². The quantitative estimate of drug-likeness (QED) is 0.203. The molecule has 9 heteroatoms. The van der Waals surface area contributed by atoms with Crippen LogP contribution >= 0.6 is 24.0 Å². The lowest BCUT2D eigenvalue weighted by molar-refractivity contribution is -0.133. The normalized spacial score (nSPS) is 21.2. The molecule has 1 amide bonds. The highest BCUT2D eigenvalue weighted by Gasteiger charge is 2.30. The van der Waals surface area contributed by atoms with E-state index in [-0.39, 0.29) is 35.9 Å². The number of nitrogens with zero attached hydrogens (tertiary/aromatic N) is 4. The fourth-order valence-electron chi connectivity index (χ4n) is 3.64. The third kappa shape index (κ3) is 8.79. The van der Waals surface area contributed by atoms with Gasteiger partial charge in [-0.1, -0.05) is 0 Å². The van der Waals surface area contributed by atoms with Crippen LogP contribution in [0.15, 0.2) is 4.99 Å². The van der Waals surface area contributed by atoms with Crippen LogP contribution < -0.4 is 10.6 Å². The lowest BCUT2D eigenvalue weighted by Crippen LogP contribution is -2.44. The van der Waals surface area contributed by atoms with Gasteiger partial charge in [0.25, 0.3) is 0 Å². The number of carbonyl (C=O) groups excluding carboxylic acids is 1. The van der Waals surface area contributed by atoms with E-state index in [9.17, 15) is 4.79 Å². The molecule has 0 aliphatic carbocycles. The van der Waals surface area contributed by atoms with E-state index in [4.69, 9.17) is 9.73 Å². The number of hydrogen-bond acceptors (Lipinski definition) is 5. The topological polar surface area (TPSA) is 72.4 Å². The van der Waals surface area contributed by atoms with Crippen LogP contribution in [0.5, 0.6) is 0 Å². The number of ether oxygens (including phenoxy) is 1. The minimum atomic E-state index is 0. The van der Waals surface area contributed by atoms with Crippen molar-refractivity contribution in [2.75, 3.05) is 79.7 Å². The Hall–Kier alpha value is -0.650. The molecule has 2 fully saturated rings. The van der Waals surface area contributed by atoms with Gasteiger partial charge in [-0.2, -0.15) is 0 Å². The molecule has 2 N–H and O–H groups in total. The van der Waals surface area contributed by atoms with Crippen LogP contribution in [0.25, 0.3) is 0 Å². The molecule has 28 heavy (non-hydrogen) atoms. The van der Waals surface area contributed by atoms with Crippen LogP contribution in [0.4, 0.5) is 0 Å². The van der Waals surface area contributed by atoms with E-state index in [0.29, 0.717) is 0 Å². The third-order valence-corrected chi connectivity index (χ3v) is 5.13. The maximum Gasteiger partial charge on any atom is 0.239 e. The second kappa shape index (κ2) is 14.4. The molecule has 0 aromatic rings. The van der Waals surface area contributed by atoms with Gasteiger partial charge >= 0.3 is 0 Å². The van der Waals surface area contributed by atoms with Crippen molar-refractivity contribution < 1.29 is 9.53 Å². The fraction of sp³-hybridized carbons (Fsp3) is 0.895. The summed E-state index contributed by atoms with van der Waals surface area (Å²) < 4.78 is 5.38. The van der Waals surface area contributed by atoms with Crippen molar-refractivity contribution in [3.05, 3.63) is 0 Å². The van der Waals surface area contributed by atoms with E-state index in [0.717, 1.165) is 90.8 Å². The van der Waals surface area contributed by atoms with Gasteiger partial charge in [0.1, 0.15) is 0 Å². The molecule has 0 radical (unpaired) electrons. The van der Waals surface area contributed by atoms with Gasteiger partial charge in [-0.25, -0.2) is 0 Å². The second-order valence-corrected chi connectivity index (χ2v) is 7.42. The summed E-state index contributed by atoms with van der Waals surface area (Å²) in [6.45, 7) is 11.3. The smallest absolute Gasteiger partial charge is 0.239 e. The first-order valence-corrected chi connectivity index (χ1v) is 10.4. The lowest BCUT2D eigenvalue weighted by atomic mass is 10.2. The number of likely N-dealkylation sites (tertiary alicyclic amines) is 1. The van der Waals surface area contributed by atoms with Gasteiger partial charge in [0, 0.05) is 59.9 Å². The van der Waals surface area contributed by atoms with Crippen molar-refractivity contribution in [3.8, 4) is 0 Å². The third-order valence-electron chi connectivity index (χ3n) is 5.13. The Bertz CT molecular complexity index is 471. The number of rotatable bonds is 9. The van der Waals surface area contributed by atoms with E-state index < -0.39 is 0 Å². The number of amides is 1. The maximum absolute atomic E-state index is 12.3. The fourth-order valence-corrected chi connectivity index (χ4v) is 3.64. The van der Waals surface area contributed by atoms with Crippen molar-refractivity contribution >= 4 is 35.8 Å². The summed E-state index contributed by atoms with van der Waals surface area (Å²) >= 11 is 0. The second-order valence-electron chi connectivity index (χ2n) is 7.42. The Labute approximate surface area is 187 Å². The van der Waals surface area contributed by atoms with E-state index >= 15 is 0 Å². The molecule has 8 nitrogen and oxygen atoms in total. The van der Waals surface area contributed by atoms with Gasteiger partial charge in [0.05, 0.1) is 19.3 Å². The number of aliphatic imine (C=N–C) groups is 1. The van der Waals surface area contributed by atoms with Crippen molar-refractivity contribution in [2.24, 2.45) is 4.99 Å². The Morgan fingerprint density at radius 3 is 2.61 bits per heavy atom. The molecule has 2 saturated heterocycles. The summed E-state index contributed by atoms with van der Waals surface area (Å²) in [7, 11) is 3.68. The summed E-state index contributed by atoms with van der Waals surface area (Å²) in [6.07, 6.45) is 3.06. The number of likely N-dealkylation sites (N-methyl/N-ethyl adjacent to an activating group) is 1. The van der Waals surface area contributed by atoms with Crippen molar-refractivity contribution in [3.63, 3.8) is 0 Å². The van der Waals surface area contributed by atoms with Gasteiger partial charge in [0.2, 0.25) is 5.91 Å². The SMILES string of the molecule is CCNC(=NCCCN1CCCC1C(=O)N(C)C)NCCN1CCOCC1.I. The van der Waals surface area contributed by atoms with E-state index in [2.05, 4.69) is 27.4 Å². The molecule has 0 aromatic carbocycles. The van der Waals surface area contributed by atoms with Crippen LogP contribution in [0.3, 0.4) is 0 Å². The highest BCUT2D eigenvalue weighted by molar-refractivity contribution is 14.0. The summed E-state index contributed by atoms with van der Waals surface area (Å²) in [4.78, 5) is 23.4. The number of morpholine rings is 1. The van der Waals surface area contributed by atoms with Gasteiger partial charge in [-0.15, -0.1) is 24.0 Å². The first kappa shape index (κ1) is 25.4. The van der Waals surface area contributed by atoms with Crippen LogP contribution in [-0.2, 0) is 9.53 Å². The monoisotopic (exact) mass is 510 g/mol. The molecular weight excluding hydrogens is 471 g/mol. The van der Waals surface area contributed by atoms with Crippen molar-refractivity contribution in [1.29, 1.82) is 0 Å². The molecule has 0 saturated carbocycles. The Morgan fingerprint density at radius 2 is 1.93 bits per heavy atom. The van der Waals surface area contributed by atoms with E-state index in [1.807, 2.05) is 14.1 Å². The molecule has 0 bridgehead atoms. The zero-order valence-electron chi connectivity index (χ0n) is 17.8. The van der Waals surface area contributed by atoms with Gasteiger partial charge < -0.3 is 20.3 Å². The van der Waals surface area contributed by atoms with E-state index in [1.165, 1.54) is 0 Å². The minimum absolute atomic E-state index is 0. The van der Waals surface area contributed by atoms with Crippen LogP contribution in [0, 0.1) is 0 Å². The first-order valence-electron chi connectivity index (χ1n) is 10.4. The van der Waals surface area contributed by atoms with Crippen molar-refractivity contribution in [1.82, 2.24) is 25.3 Å². The number of nitrogens with one attached hydrogen (secondary N) is 2. The number of hydrogen-bond donors (Lipinski definition) is 2. The predicted molar refractivity (Wildman–Crippen MR) is 125 cm³/mol. The highest BCUT2D eigenvalue weighted by Crippen LogP contribution is 2.18. The average Bonchev–Trinajstić information content (AvgIpc) is 3.13.